The van der Waals surface area contributed by atoms with E-state index in [1.807, 2.05) is 54.6 Å². The van der Waals surface area contributed by atoms with Crippen LogP contribution in [0.1, 0.15) is 11.1 Å². The molecule has 1 saturated heterocycles. The van der Waals surface area contributed by atoms with E-state index in [4.69, 9.17) is 9.47 Å². The van der Waals surface area contributed by atoms with Gasteiger partial charge in [0, 0.05) is 0 Å². The van der Waals surface area contributed by atoms with Crippen molar-refractivity contribution >= 4 is 28.9 Å². The molecule has 1 N–H and O–H groups in total. The summed E-state index contributed by atoms with van der Waals surface area (Å²) in [5, 5.41) is 3.42. The number of nitrogens with one attached hydrogen (secondary N) is 1. The molecule has 0 atom stereocenters. The predicted octanol–water partition coefficient (Wildman–Crippen LogP) is 3.18. The molecule has 2 aliphatic rings. The van der Waals surface area contributed by atoms with Crippen molar-refractivity contribution in [1.82, 2.24) is 5.32 Å². The Morgan fingerprint density at radius 3 is 2.83 bits per heavy atom. The smallest absolute Gasteiger partial charge is 0.264 e. The summed E-state index contributed by atoms with van der Waals surface area (Å²) in [5.41, 5.74) is 1.99. The van der Waals surface area contributed by atoms with Gasteiger partial charge in [0.15, 0.2) is 16.7 Å². The number of fused-ring (bicyclic) bond motifs is 1. The summed E-state index contributed by atoms with van der Waals surface area (Å²) in [5.74, 6) is 1.29. The molecule has 6 heteroatoms. The average Bonchev–Trinajstić information content (AvgIpc) is 3.20. The molecule has 5 nitrogen and oxygen atoms in total. The number of thioether (sulfide) groups is 1. The van der Waals surface area contributed by atoms with Crippen molar-refractivity contribution in [2.45, 2.75) is 6.54 Å². The van der Waals surface area contributed by atoms with Gasteiger partial charge in [-0.1, -0.05) is 36.4 Å². The van der Waals surface area contributed by atoms with Gasteiger partial charge in [-0.25, -0.2) is 0 Å². The van der Waals surface area contributed by atoms with Crippen molar-refractivity contribution in [1.29, 1.82) is 0 Å². The minimum Gasteiger partial charge on any atom is -0.454 e. The van der Waals surface area contributed by atoms with Crippen LogP contribution in [0.4, 0.5) is 0 Å². The molecule has 0 unspecified atom stereocenters. The summed E-state index contributed by atoms with van der Waals surface area (Å²) in [6.07, 6.45) is 1.83. The van der Waals surface area contributed by atoms with Crippen LogP contribution in [0.2, 0.25) is 0 Å². The molecule has 0 aliphatic carbocycles. The Morgan fingerprint density at radius 1 is 1.12 bits per heavy atom. The molecule has 0 aromatic heterocycles. The van der Waals surface area contributed by atoms with Gasteiger partial charge in [0.25, 0.3) is 5.91 Å². The van der Waals surface area contributed by atoms with Gasteiger partial charge in [0.2, 0.25) is 6.79 Å². The number of ether oxygens (including phenoxy) is 2. The number of hydrogen-bond acceptors (Lipinski definition) is 5. The fourth-order valence-electron chi connectivity index (χ4n) is 2.40. The molecule has 2 heterocycles. The van der Waals surface area contributed by atoms with Crippen LogP contribution < -0.4 is 14.8 Å². The van der Waals surface area contributed by atoms with Gasteiger partial charge in [-0.2, -0.15) is 0 Å². The monoisotopic (exact) mass is 338 g/mol. The van der Waals surface area contributed by atoms with Crippen molar-refractivity contribution in [2.75, 3.05) is 6.79 Å². The van der Waals surface area contributed by atoms with Crippen molar-refractivity contribution in [2.24, 2.45) is 4.99 Å². The highest BCUT2D eigenvalue weighted by atomic mass is 32.2. The summed E-state index contributed by atoms with van der Waals surface area (Å²) < 4.78 is 10.6. The number of hydrogen-bond donors (Lipinski definition) is 1. The van der Waals surface area contributed by atoms with Crippen LogP contribution in [0.3, 0.4) is 0 Å². The maximum atomic E-state index is 12.1. The molecule has 120 valence electrons. The second-order valence-corrected chi connectivity index (χ2v) is 6.32. The molecular weight excluding hydrogens is 324 g/mol. The van der Waals surface area contributed by atoms with Crippen LogP contribution >= 0.6 is 11.8 Å². The van der Waals surface area contributed by atoms with Gasteiger partial charge in [-0.3, -0.25) is 9.79 Å². The van der Waals surface area contributed by atoms with E-state index in [0.29, 0.717) is 22.4 Å². The first-order valence-corrected chi connectivity index (χ1v) is 8.28. The molecule has 1 fully saturated rings. The Kier molecular flexibility index (Phi) is 3.96. The van der Waals surface area contributed by atoms with E-state index in [2.05, 4.69) is 10.3 Å². The number of nitrogens with zero attached hydrogens (tertiary/aromatic N) is 1. The second-order valence-electron chi connectivity index (χ2n) is 5.28. The van der Waals surface area contributed by atoms with Crippen LogP contribution in [-0.2, 0) is 11.3 Å². The van der Waals surface area contributed by atoms with Gasteiger partial charge in [0.1, 0.15) is 0 Å². The first-order chi connectivity index (χ1) is 11.8. The molecule has 0 radical (unpaired) electrons. The Balaban J connectivity index is 1.49. The predicted molar refractivity (Wildman–Crippen MR) is 93.9 cm³/mol. The molecule has 2 aromatic carbocycles. The van der Waals surface area contributed by atoms with Gasteiger partial charge in [-0.05, 0) is 41.1 Å². The summed E-state index contributed by atoms with van der Waals surface area (Å²) in [7, 11) is 0. The third kappa shape index (κ3) is 3.14. The Bertz CT molecular complexity index is 847. The van der Waals surface area contributed by atoms with E-state index < -0.39 is 0 Å². The Labute approximate surface area is 143 Å². The minimum atomic E-state index is -0.135. The van der Waals surface area contributed by atoms with Crippen LogP contribution in [0.15, 0.2) is 58.4 Å². The van der Waals surface area contributed by atoms with Gasteiger partial charge >= 0.3 is 0 Å². The maximum absolute atomic E-state index is 12.1. The molecule has 4 rings (SSSR count). The number of benzene rings is 2. The average molecular weight is 338 g/mol. The fourth-order valence-corrected chi connectivity index (χ4v) is 3.22. The van der Waals surface area contributed by atoms with E-state index in [9.17, 15) is 4.79 Å². The molecule has 2 aliphatic heterocycles. The number of rotatable bonds is 3. The quantitative estimate of drug-likeness (QED) is 0.873. The first kappa shape index (κ1) is 14.8. The second kappa shape index (κ2) is 6.41. The topological polar surface area (TPSA) is 59.9 Å². The third-order valence-electron chi connectivity index (χ3n) is 3.59. The zero-order valence-electron chi connectivity index (χ0n) is 12.7. The number of aliphatic imine (C=N–C) groups is 1. The van der Waals surface area contributed by atoms with Gasteiger partial charge < -0.3 is 14.8 Å². The lowest BCUT2D eigenvalue weighted by Crippen LogP contribution is -2.19. The first-order valence-electron chi connectivity index (χ1n) is 7.47. The summed E-state index contributed by atoms with van der Waals surface area (Å²) >= 11 is 1.34. The summed E-state index contributed by atoms with van der Waals surface area (Å²) in [6.45, 7) is 0.779. The van der Waals surface area contributed by atoms with Gasteiger partial charge in [-0.15, -0.1) is 0 Å². The summed E-state index contributed by atoms with van der Waals surface area (Å²) in [4.78, 5) is 17.2. The third-order valence-corrected chi connectivity index (χ3v) is 4.54. The lowest BCUT2D eigenvalue weighted by atomic mass is 10.2. The van der Waals surface area contributed by atoms with Crippen molar-refractivity contribution in [3.63, 3.8) is 0 Å². The number of carbonyl (C=O) groups is 1. The maximum Gasteiger partial charge on any atom is 0.264 e. The van der Waals surface area contributed by atoms with E-state index in [-0.39, 0.29) is 12.7 Å². The van der Waals surface area contributed by atoms with Gasteiger partial charge in [0.05, 0.1) is 11.4 Å². The number of carbonyl (C=O) groups excluding carboxylic acids is 1. The molecule has 2 aromatic rings. The molecule has 0 bridgehead atoms. The highest BCUT2D eigenvalue weighted by Gasteiger charge is 2.24. The lowest BCUT2D eigenvalue weighted by Gasteiger charge is -1.98. The molecular formula is C18H14N2O3S. The number of amides is 1. The zero-order valence-corrected chi connectivity index (χ0v) is 13.5. The zero-order chi connectivity index (χ0) is 16.4. The van der Waals surface area contributed by atoms with Crippen molar-refractivity contribution in [3.05, 3.63) is 64.6 Å². The highest BCUT2D eigenvalue weighted by Crippen LogP contribution is 2.34. The highest BCUT2D eigenvalue weighted by molar-refractivity contribution is 8.18. The largest absolute Gasteiger partial charge is 0.454 e. The number of amidine groups is 1. The molecule has 24 heavy (non-hydrogen) atoms. The fraction of sp³-hybridized carbons (Fsp3) is 0.111. The van der Waals surface area contributed by atoms with Crippen LogP contribution in [0.25, 0.3) is 6.08 Å². The van der Waals surface area contributed by atoms with Crippen molar-refractivity contribution < 1.29 is 14.3 Å². The summed E-state index contributed by atoms with van der Waals surface area (Å²) in [6, 6.07) is 15.5. The minimum absolute atomic E-state index is 0.135. The van der Waals surface area contributed by atoms with Crippen LogP contribution in [-0.4, -0.2) is 17.9 Å². The molecule has 0 spiro atoms. The van der Waals surface area contributed by atoms with E-state index >= 15 is 0 Å². The Morgan fingerprint density at radius 2 is 1.96 bits per heavy atom. The normalized spacial score (nSPS) is 19.1. The van der Waals surface area contributed by atoms with Crippen LogP contribution in [0.5, 0.6) is 11.5 Å². The van der Waals surface area contributed by atoms with Crippen LogP contribution in [0, 0.1) is 0 Å². The standard InChI is InChI=1S/C18H14N2O3S/c21-17-16(9-13-6-7-14-15(8-13)23-11-22-14)24-18(20-17)19-10-12-4-2-1-3-5-12/h1-9H,10-11H2,(H,19,20,21)/b16-9+. The molecule has 0 saturated carbocycles. The Hall–Kier alpha value is -2.73. The SMILES string of the molecule is O=C1NC(=NCc2ccccc2)S/C1=C/c1ccc2c(c1)OCO2. The van der Waals surface area contributed by atoms with Crippen molar-refractivity contribution in [3.8, 4) is 11.5 Å². The van der Waals surface area contributed by atoms with E-state index in [0.717, 1.165) is 16.9 Å². The van der Waals surface area contributed by atoms with E-state index in [1.54, 1.807) is 0 Å². The lowest BCUT2D eigenvalue weighted by molar-refractivity contribution is -0.115. The molecule has 1 amide bonds. The van der Waals surface area contributed by atoms with E-state index in [1.165, 1.54) is 11.8 Å².